The predicted octanol–water partition coefficient (Wildman–Crippen LogP) is 3.49. The van der Waals surface area contributed by atoms with E-state index in [9.17, 15) is 9.59 Å². The van der Waals surface area contributed by atoms with Crippen molar-refractivity contribution in [1.82, 2.24) is 5.32 Å². The van der Waals surface area contributed by atoms with Gasteiger partial charge in [0.25, 0.3) is 0 Å². The highest BCUT2D eigenvalue weighted by Crippen LogP contribution is 2.34. The first-order chi connectivity index (χ1) is 12.5. The highest BCUT2D eigenvalue weighted by molar-refractivity contribution is 7.80. The molecule has 2 rings (SSSR count). The molecule has 7 nitrogen and oxygen atoms in total. The molecule has 2 N–H and O–H groups in total. The number of furan rings is 1. The number of esters is 2. The van der Waals surface area contributed by atoms with E-state index in [4.69, 9.17) is 26.1 Å². The zero-order chi connectivity index (χ0) is 19.1. The molecule has 2 aromatic heterocycles. The second-order valence-corrected chi connectivity index (χ2v) is 6.52. The second kappa shape index (κ2) is 9.35. The topological polar surface area (TPSA) is 89.8 Å². The molecule has 0 fully saturated rings. The summed E-state index contributed by atoms with van der Waals surface area (Å²) in [6, 6.07) is 3.59. The summed E-state index contributed by atoms with van der Waals surface area (Å²) in [6.45, 7) is 5.98. The van der Waals surface area contributed by atoms with E-state index >= 15 is 0 Å². The van der Waals surface area contributed by atoms with E-state index in [1.165, 1.54) is 0 Å². The average Bonchev–Trinajstić information content (AvgIpc) is 3.21. The third-order valence-corrected chi connectivity index (χ3v) is 4.75. The lowest BCUT2D eigenvalue weighted by Crippen LogP contribution is -2.28. The molecule has 0 aliphatic heterocycles. The van der Waals surface area contributed by atoms with Crippen molar-refractivity contribution in [3.63, 3.8) is 0 Å². The van der Waals surface area contributed by atoms with Crippen LogP contribution in [0, 0.1) is 6.92 Å². The van der Waals surface area contributed by atoms with Gasteiger partial charge in [-0.1, -0.05) is 0 Å². The molecule has 0 aromatic carbocycles. The van der Waals surface area contributed by atoms with Gasteiger partial charge in [0.2, 0.25) is 0 Å². The van der Waals surface area contributed by atoms with E-state index in [0.29, 0.717) is 32.9 Å². The largest absolute Gasteiger partial charge is 0.467 e. The van der Waals surface area contributed by atoms with Crippen molar-refractivity contribution in [1.29, 1.82) is 0 Å². The maximum Gasteiger partial charge on any atom is 0.348 e. The Labute approximate surface area is 160 Å². The summed E-state index contributed by atoms with van der Waals surface area (Å²) in [7, 11) is 0. The summed E-state index contributed by atoms with van der Waals surface area (Å²) in [6.07, 6.45) is 1.57. The molecule has 0 saturated carbocycles. The summed E-state index contributed by atoms with van der Waals surface area (Å²) in [5.41, 5.74) is 0.783. The zero-order valence-corrected chi connectivity index (χ0v) is 16.3. The van der Waals surface area contributed by atoms with Crippen LogP contribution >= 0.6 is 23.6 Å². The molecule has 0 unspecified atom stereocenters. The van der Waals surface area contributed by atoms with Gasteiger partial charge in [-0.05, 0) is 50.7 Å². The number of hydrogen-bond acceptors (Lipinski definition) is 7. The van der Waals surface area contributed by atoms with Gasteiger partial charge < -0.3 is 24.5 Å². The minimum Gasteiger partial charge on any atom is -0.467 e. The van der Waals surface area contributed by atoms with Crippen molar-refractivity contribution >= 4 is 45.6 Å². The van der Waals surface area contributed by atoms with Crippen LogP contribution in [0.5, 0.6) is 0 Å². The molecule has 9 heteroatoms. The van der Waals surface area contributed by atoms with Crippen molar-refractivity contribution in [2.24, 2.45) is 0 Å². The van der Waals surface area contributed by atoms with Crippen molar-refractivity contribution < 1.29 is 23.5 Å². The highest BCUT2D eigenvalue weighted by atomic mass is 32.1. The van der Waals surface area contributed by atoms with Gasteiger partial charge >= 0.3 is 11.9 Å². The van der Waals surface area contributed by atoms with E-state index in [1.807, 2.05) is 6.07 Å². The minimum atomic E-state index is -0.520. The number of ether oxygens (including phenoxy) is 2. The van der Waals surface area contributed by atoms with Gasteiger partial charge in [-0.3, -0.25) is 0 Å². The summed E-state index contributed by atoms with van der Waals surface area (Å²) >= 11 is 6.37. The molecule has 2 aromatic rings. The lowest BCUT2D eigenvalue weighted by Gasteiger charge is -2.10. The molecular weight excluding hydrogens is 376 g/mol. The summed E-state index contributed by atoms with van der Waals surface area (Å²) in [5, 5.41) is 6.67. The van der Waals surface area contributed by atoms with Gasteiger partial charge in [-0.15, -0.1) is 11.3 Å². The van der Waals surface area contributed by atoms with Gasteiger partial charge in [0.15, 0.2) is 5.11 Å². The molecule has 0 radical (unpaired) electrons. The van der Waals surface area contributed by atoms with Crippen LogP contribution < -0.4 is 10.6 Å². The third kappa shape index (κ3) is 4.83. The van der Waals surface area contributed by atoms with Gasteiger partial charge in [-0.2, -0.15) is 0 Å². The molecule has 0 aliphatic rings. The highest BCUT2D eigenvalue weighted by Gasteiger charge is 2.26. The molecule has 0 spiro atoms. The molecule has 0 bridgehead atoms. The van der Waals surface area contributed by atoms with Crippen molar-refractivity contribution in [2.75, 3.05) is 18.5 Å². The monoisotopic (exact) mass is 396 g/mol. The van der Waals surface area contributed by atoms with E-state index in [0.717, 1.165) is 11.3 Å². The molecule has 26 heavy (non-hydrogen) atoms. The summed E-state index contributed by atoms with van der Waals surface area (Å²) in [5.74, 6) is -0.287. The standard InChI is InChI=1S/C17H20N2O5S2/c1-4-22-15(20)12-10(3)13(16(21)23-5-2)26-14(12)19-17(25)18-9-11-7-6-8-24-11/h6-8H,4-5,9H2,1-3H3,(H2,18,19,25). The zero-order valence-electron chi connectivity index (χ0n) is 14.7. The van der Waals surface area contributed by atoms with Crippen molar-refractivity contribution in [3.8, 4) is 0 Å². The van der Waals surface area contributed by atoms with E-state index in [2.05, 4.69) is 10.6 Å². The normalized spacial score (nSPS) is 10.3. The first-order valence-electron chi connectivity index (χ1n) is 8.02. The molecule has 0 atom stereocenters. The third-order valence-electron chi connectivity index (χ3n) is 3.32. The number of anilines is 1. The Bertz CT molecular complexity index is 783. The van der Waals surface area contributed by atoms with Gasteiger partial charge in [0.05, 0.1) is 31.6 Å². The van der Waals surface area contributed by atoms with Crippen molar-refractivity contribution in [2.45, 2.75) is 27.3 Å². The van der Waals surface area contributed by atoms with E-state index < -0.39 is 11.9 Å². The van der Waals surface area contributed by atoms with Crippen LogP contribution in [-0.4, -0.2) is 30.3 Å². The molecule has 0 amide bonds. The first-order valence-corrected chi connectivity index (χ1v) is 9.25. The van der Waals surface area contributed by atoms with Gasteiger partial charge in [-0.25, -0.2) is 9.59 Å². The Morgan fingerprint density at radius 2 is 1.92 bits per heavy atom. The Morgan fingerprint density at radius 1 is 1.23 bits per heavy atom. The molecule has 0 aliphatic carbocycles. The maximum atomic E-state index is 12.3. The van der Waals surface area contributed by atoms with E-state index in [1.54, 1.807) is 33.1 Å². The summed E-state index contributed by atoms with van der Waals surface area (Å²) in [4.78, 5) is 24.8. The number of carbonyl (C=O) groups is 2. The van der Waals surface area contributed by atoms with Gasteiger partial charge in [0.1, 0.15) is 15.6 Å². The lowest BCUT2D eigenvalue weighted by molar-refractivity contribution is 0.0527. The fourth-order valence-electron chi connectivity index (χ4n) is 2.17. The van der Waals surface area contributed by atoms with Gasteiger partial charge in [0, 0.05) is 0 Å². The number of nitrogens with one attached hydrogen (secondary N) is 2. The van der Waals surface area contributed by atoms with Crippen LogP contribution in [0.1, 0.15) is 45.2 Å². The molecule has 2 heterocycles. The Hall–Kier alpha value is -2.39. The average molecular weight is 396 g/mol. The van der Waals surface area contributed by atoms with Crippen LogP contribution in [0.4, 0.5) is 5.00 Å². The number of thiophene rings is 1. The maximum absolute atomic E-state index is 12.3. The predicted molar refractivity (Wildman–Crippen MR) is 103 cm³/mol. The molecule has 0 saturated heterocycles. The molecule has 140 valence electrons. The van der Waals surface area contributed by atoms with Crippen LogP contribution in [0.3, 0.4) is 0 Å². The second-order valence-electron chi connectivity index (χ2n) is 5.09. The van der Waals surface area contributed by atoms with E-state index in [-0.39, 0.29) is 18.8 Å². The van der Waals surface area contributed by atoms with Crippen LogP contribution in [0.15, 0.2) is 22.8 Å². The summed E-state index contributed by atoms with van der Waals surface area (Å²) < 4.78 is 15.4. The Kier molecular flexibility index (Phi) is 7.16. The SMILES string of the molecule is CCOC(=O)c1sc(NC(=S)NCc2ccco2)c(C(=O)OCC)c1C. The first kappa shape index (κ1) is 19.9. The number of carbonyl (C=O) groups excluding carboxylic acids is 2. The number of thiocarbonyl (C=S) groups is 1. The van der Waals surface area contributed by atoms with Crippen LogP contribution in [0.2, 0.25) is 0 Å². The smallest absolute Gasteiger partial charge is 0.348 e. The quantitative estimate of drug-likeness (QED) is 0.543. The number of rotatable bonds is 7. The van der Waals surface area contributed by atoms with Crippen LogP contribution in [0.25, 0.3) is 0 Å². The minimum absolute atomic E-state index is 0.226. The Balaban J connectivity index is 2.21. The fraction of sp³-hybridized carbons (Fsp3) is 0.353. The lowest BCUT2D eigenvalue weighted by atomic mass is 10.1. The number of hydrogen-bond donors (Lipinski definition) is 2. The molecular formula is C17H20N2O5S2. The van der Waals surface area contributed by atoms with Crippen molar-refractivity contribution in [3.05, 3.63) is 40.2 Å². The Morgan fingerprint density at radius 3 is 2.54 bits per heavy atom. The van der Waals surface area contributed by atoms with Crippen LogP contribution in [-0.2, 0) is 16.0 Å². The fourth-order valence-corrected chi connectivity index (χ4v) is 3.50.